The van der Waals surface area contributed by atoms with E-state index >= 15 is 0 Å². The predicted molar refractivity (Wildman–Crippen MR) is 178 cm³/mol. The number of nitrogens with two attached hydrogens (primary N) is 1. The standard InChI is InChI=1S/C36H41N7O4/c1-2-7-31-29(19-23-10-15-27(24-8-4-3-5-9-24)28(18-23)30-20-32(44)41-40-30)33(45)42(35-38-22-39-43(31)35)25-11-13-26(14-12-25)47-21-36(34(37)46)16-6-17-36/h3-5,8-10,15,18,22,25-26H,2,6-7,11-14,16-17,19-21H2,1H3,(H2,37,46)(H,41,44). The monoisotopic (exact) mass is 635 g/mol. The summed E-state index contributed by atoms with van der Waals surface area (Å²) in [5.74, 6) is 0.171. The number of benzene rings is 2. The first-order valence-corrected chi connectivity index (χ1v) is 16.8. The number of hydrogen-bond acceptors (Lipinski definition) is 7. The molecule has 11 heteroatoms. The molecule has 2 aliphatic carbocycles. The van der Waals surface area contributed by atoms with Crippen LogP contribution in [0.5, 0.6) is 0 Å². The number of fused-ring (bicyclic) bond motifs is 1. The second-order valence-electron chi connectivity index (χ2n) is 13.3. The average Bonchev–Trinajstić information content (AvgIpc) is 3.72. The molecule has 0 spiro atoms. The third-order valence-corrected chi connectivity index (χ3v) is 10.3. The van der Waals surface area contributed by atoms with E-state index in [2.05, 4.69) is 45.7 Å². The van der Waals surface area contributed by atoms with Crippen LogP contribution in [0.15, 0.2) is 64.8 Å². The second-order valence-corrected chi connectivity index (χ2v) is 13.3. The van der Waals surface area contributed by atoms with Crippen LogP contribution < -0.4 is 16.7 Å². The molecule has 11 nitrogen and oxygen atoms in total. The number of nitrogens with one attached hydrogen (secondary N) is 1. The zero-order chi connectivity index (χ0) is 32.5. The van der Waals surface area contributed by atoms with Crippen LogP contribution in [0.3, 0.4) is 0 Å². The molecule has 0 atom stereocenters. The van der Waals surface area contributed by atoms with Crippen LogP contribution in [0, 0.1) is 5.41 Å². The lowest BCUT2D eigenvalue weighted by Crippen LogP contribution is -2.47. The van der Waals surface area contributed by atoms with Crippen molar-refractivity contribution in [3.8, 4) is 11.1 Å². The van der Waals surface area contributed by atoms with Crippen molar-refractivity contribution < 1.29 is 14.3 Å². The van der Waals surface area contributed by atoms with E-state index in [1.165, 1.54) is 6.33 Å². The molecular weight excluding hydrogens is 594 g/mol. The maximum absolute atomic E-state index is 14.5. The van der Waals surface area contributed by atoms with Crippen molar-refractivity contribution in [3.63, 3.8) is 0 Å². The SMILES string of the molecule is CCCc1c(Cc2ccc(-c3ccccc3)c(C3=NNC(=O)C3)c2)c(=O)n(C2CCC(OCC3(C(N)=O)CCC3)CC2)c2ncnn12. The molecule has 244 valence electrons. The van der Waals surface area contributed by atoms with Gasteiger partial charge in [0.25, 0.3) is 5.56 Å². The molecular formula is C36H41N7O4. The van der Waals surface area contributed by atoms with Gasteiger partial charge in [-0.2, -0.15) is 15.2 Å². The number of hydrogen-bond donors (Lipinski definition) is 2. The maximum atomic E-state index is 14.5. The molecule has 2 fully saturated rings. The highest BCUT2D eigenvalue weighted by Gasteiger charge is 2.43. The molecule has 47 heavy (non-hydrogen) atoms. The molecule has 3 aliphatic rings. The number of hydrazone groups is 1. The van der Waals surface area contributed by atoms with E-state index in [1.54, 1.807) is 0 Å². The number of aryl methyl sites for hydroxylation is 1. The summed E-state index contributed by atoms with van der Waals surface area (Å²) in [6, 6.07) is 16.2. The molecule has 2 amide bonds. The number of amides is 2. The number of carbonyl (C=O) groups excluding carboxylic acids is 2. The van der Waals surface area contributed by atoms with Crippen molar-refractivity contribution in [3.05, 3.63) is 87.6 Å². The number of primary amides is 1. The minimum atomic E-state index is -0.513. The lowest BCUT2D eigenvalue weighted by molar-refractivity contribution is -0.141. The number of rotatable bonds is 11. The van der Waals surface area contributed by atoms with E-state index in [1.807, 2.05) is 39.4 Å². The lowest BCUT2D eigenvalue weighted by Gasteiger charge is -2.40. The average molecular weight is 636 g/mol. The molecule has 0 saturated heterocycles. The van der Waals surface area contributed by atoms with E-state index in [9.17, 15) is 14.4 Å². The van der Waals surface area contributed by atoms with Crippen LogP contribution in [0.25, 0.3) is 16.9 Å². The first kappa shape index (κ1) is 31.0. The Morgan fingerprint density at radius 1 is 1.06 bits per heavy atom. The van der Waals surface area contributed by atoms with Gasteiger partial charge in [-0.05, 0) is 67.7 Å². The topological polar surface area (TPSA) is 146 Å². The van der Waals surface area contributed by atoms with Crippen LogP contribution in [0.2, 0.25) is 0 Å². The van der Waals surface area contributed by atoms with Crippen molar-refractivity contribution in [2.75, 3.05) is 6.61 Å². The van der Waals surface area contributed by atoms with E-state index in [0.717, 1.165) is 79.3 Å². The second kappa shape index (κ2) is 12.9. The highest BCUT2D eigenvalue weighted by atomic mass is 16.5. The minimum absolute atomic E-state index is 0.0351. The highest BCUT2D eigenvalue weighted by Crippen LogP contribution is 2.42. The van der Waals surface area contributed by atoms with Crippen LogP contribution in [-0.2, 0) is 27.2 Å². The first-order chi connectivity index (χ1) is 22.9. The fourth-order valence-electron chi connectivity index (χ4n) is 7.42. The summed E-state index contributed by atoms with van der Waals surface area (Å²) in [5, 5.41) is 8.94. The summed E-state index contributed by atoms with van der Waals surface area (Å²) in [6.07, 6.45) is 9.43. The summed E-state index contributed by atoms with van der Waals surface area (Å²) < 4.78 is 9.93. The van der Waals surface area contributed by atoms with Gasteiger partial charge in [0.15, 0.2) is 0 Å². The molecule has 0 radical (unpaired) electrons. The van der Waals surface area contributed by atoms with Crippen molar-refractivity contribution in [2.45, 2.75) is 89.7 Å². The largest absolute Gasteiger partial charge is 0.377 e. The van der Waals surface area contributed by atoms with Crippen LogP contribution in [0.4, 0.5) is 0 Å². The Labute approximate surface area is 273 Å². The van der Waals surface area contributed by atoms with Crippen LogP contribution >= 0.6 is 0 Å². The molecule has 2 saturated carbocycles. The Hall–Kier alpha value is -4.64. The van der Waals surface area contributed by atoms with Gasteiger partial charge < -0.3 is 10.5 Å². The van der Waals surface area contributed by atoms with Crippen LogP contribution in [0.1, 0.15) is 93.1 Å². The molecule has 3 heterocycles. The molecule has 3 N–H and O–H groups in total. The van der Waals surface area contributed by atoms with Crippen molar-refractivity contribution in [1.29, 1.82) is 0 Å². The number of carbonyl (C=O) groups is 2. The maximum Gasteiger partial charge on any atom is 0.259 e. The summed E-state index contributed by atoms with van der Waals surface area (Å²) in [6.45, 7) is 2.48. The van der Waals surface area contributed by atoms with E-state index in [0.29, 0.717) is 36.5 Å². The van der Waals surface area contributed by atoms with Gasteiger partial charge in [-0.3, -0.25) is 19.0 Å². The van der Waals surface area contributed by atoms with Gasteiger partial charge in [0.1, 0.15) is 6.33 Å². The van der Waals surface area contributed by atoms with E-state index in [-0.39, 0.29) is 35.9 Å². The summed E-state index contributed by atoms with van der Waals surface area (Å²) in [4.78, 5) is 43.3. The molecule has 7 rings (SSSR count). The Balaban J connectivity index is 1.20. The fraction of sp³-hybridized carbons (Fsp3) is 0.444. The van der Waals surface area contributed by atoms with Gasteiger partial charge in [0.05, 0.1) is 36.0 Å². The Morgan fingerprint density at radius 2 is 1.85 bits per heavy atom. The zero-order valence-corrected chi connectivity index (χ0v) is 26.8. The molecule has 0 unspecified atom stereocenters. The number of ether oxygens (including phenoxy) is 1. The number of nitrogens with zero attached hydrogens (tertiary/aromatic N) is 5. The Kier molecular flexibility index (Phi) is 8.48. The van der Waals surface area contributed by atoms with E-state index < -0.39 is 5.41 Å². The molecule has 2 aromatic heterocycles. The van der Waals surface area contributed by atoms with Gasteiger partial charge in [0.2, 0.25) is 17.6 Å². The molecule has 2 aromatic carbocycles. The van der Waals surface area contributed by atoms with Crippen molar-refractivity contribution in [1.82, 2.24) is 24.6 Å². The van der Waals surface area contributed by atoms with Crippen molar-refractivity contribution in [2.24, 2.45) is 16.3 Å². The third kappa shape index (κ3) is 5.88. The normalized spacial score (nSPS) is 20.5. The molecule has 1 aliphatic heterocycles. The summed E-state index contributed by atoms with van der Waals surface area (Å²) >= 11 is 0. The lowest BCUT2D eigenvalue weighted by atomic mass is 9.69. The summed E-state index contributed by atoms with van der Waals surface area (Å²) in [5.41, 5.74) is 13.9. The predicted octanol–water partition coefficient (Wildman–Crippen LogP) is 4.48. The third-order valence-electron chi connectivity index (χ3n) is 10.3. The Bertz CT molecular complexity index is 1900. The van der Waals surface area contributed by atoms with Gasteiger partial charge in [0, 0.05) is 23.6 Å². The Morgan fingerprint density at radius 3 is 2.51 bits per heavy atom. The van der Waals surface area contributed by atoms with Gasteiger partial charge in [-0.15, -0.1) is 0 Å². The summed E-state index contributed by atoms with van der Waals surface area (Å²) in [7, 11) is 0. The smallest absolute Gasteiger partial charge is 0.259 e. The minimum Gasteiger partial charge on any atom is -0.377 e. The van der Waals surface area contributed by atoms with Gasteiger partial charge in [-0.25, -0.2) is 9.94 Å². The van der Waals surface area contributed by atoms with Crippen LogP contribution in [-0.4, -0.2) is 49.4 Å². The fourth-order valence-corrected chi connectivity index (χ4v) is 7.42. The molecule has 4 aromatic rings. The quantitative estimate of drug-likeness (QED) is 0.249. The van der Waals surface area contributed by atoms with Gasteiger partial charge in [-0.1, -0.05) is 62.2 Å². The van der Waals surface area contributed by atoms with Crippen molar-refractivity contribution >= 4 is 23.3 Å². The highest BCUT2D eigenvalue weighted by molar-refractivity contribution is 6.16. The first-order valence-electron chi connectivity index (χ1n) is 16.8. The van der Waals surface area contributed by atoms with E-state index in [4.69, 9.17) is 10.5 Å². The number of aromatic nitrogens is 4. The molecule has 0 bridgehead atoms. The van der Waals surface area contributed by atoms with Gasteiger partial charge >= 0.3 is 0 Å². The zero-order valence-electron chi connectivity index (χ0n) is 26.8.